The van der Waals surface area contributed by atoms with E-state index < -0.39 is 12.2 Å². The van der Waals surface area contributed by atoms with Crippen molar-refractivity contribution in [1.82, 2.24) is 5.01 Å². The van der Waals surface area contributed by atoms with Gasteiger partial charge < -0.3 is 9.47 Å². The molecule has 0 aliphatic heterocycles. The van der Waals surface area contributed by atoms with E-state index in [0.717, 1.165) is 0 Å². The second-order valence-corrected chi connectivity index (χ2v) is 3.73. The van der Waals surface area contributed by atoms with Crippen molar-refractivity contribution in [1.29, 1.82) is 0 Å². The van der Waals surface area contributed by atoms with Crippen molar-refractivity contribution in [2.45, 2.75) is 0 Å². The molecule has 102 valence electrons. The van der Waals surface area contributed by atoms with Crippen LogP contribution in [0.5, 0.6) is 11.5 Å². The smallest absolute Gasteiger partial charge is 0.409 e. The van der Waals surface area contributed by atoms with Crippen molar-refractivity contribution < 1.29 is 19.1 Å². The zero-order valence-electron chi connectivity index (χ0n) is 10.4. The molecule has 0 saturated heterocycles. The van der Waals surface area contributed by atoms with Gasteiger partial charge in [-0.25, -0.2) is 15.4 Å². The predicted octanol–water partition coefficient (Wildman–Crippen LogP) is 2.56. The Morgan fingerprint density at radius 2 is 1.10 bits per heavy atom. The third kappa shape index (κ3) is 3.56. The van der Waals surface area contributed by atoms with E-state index in [1.165, 1.54) is 0 Å². The average molecular weight is 272 g/mol. The van der Waals surface area contributed by atoms with E-state index in [0.29, 0.717) is 0 Å². The van der Waals surface area contributed by atoms with E-state index >= 15 is 0 Å². The quantitative estimate of drug-likeness (QED) is 0.516. The molecule has 20 heavy (non-hydrogen) atoms. The molecule has 0 bridgehead atoms. The fraction of sp³-hybridized carbons (Fsp3) is 0. The summed E-state index contributed by atoms with van der Waals surface area (Å²) in [4.78, 5) is 23.2. The van der Waals surface area contributed by atoms with Crippen LogP contribution in [0.2, 0.25) is 0 Å². The van der Waals surface area contributed by atoms with Crippen molar-refractivity contribution >= 4 is 12.2 Å². The highest BCUT2D eigenvalue weighted by atomic mass is 16.6. The third-order valence-electron chi connectivity index (χ3n) is 2.29. The Kier molecular flexibility index (Phi) is 4.31. The highest BCUT2D eigenvalue weighted by Crippen LogP contribution is 2.12. The summed E-state index contributed by atoms with van der Waals surface area (Å²) in [6, 6.07) is 16.5. The fourth-order valence-electron chi connectivity index (χ4n) is 1.35. The van der Waals surface area contributed by atoms with E-state index in [9.17, 15) is 9.59 Å². The van der Waals surface area contributed by atoms with Crippen molar-refractivity contribution in [2.75, 3.05) is 0 Å². The molecule has 0 radical (unpaired) electrons. The SMILES string of the molecule is NN(C(=O)Oc1ccccc1)C(=O)Oc1ccccc1. The zero-order chi connectivity index (χ0) is 14.4. The summed E-state index contributed by atoms with van der Waals surface area (Å²) in [6.45, 7) is 0. The molecular weight excluding hydrogens is 260 g/mol. The highest BCUT2D eigenvalue weighted by molar-refractivity contribution is 5.88. The van der Waals surface area contributed by atoms with Gasteiger partial charge in [0.05, 0.1) is 0 Å². The van der Waals surface area contributed by atoms with E-state index in [-0.39, 0.29) is 16.5 Å². The zero-order valence-corrected chi connectivity index (χ0v) is 10.4. The Bertz CT molecular complexity index is 533. The molecule has 0 fully saturated rings. The molecule has 2 N–H and O–H groups in total. The number of rotatable bonds is 2. The van der Waals surface area contributed by atoms with Gasteiger partial charge in [-0.15, -0.1) is 5.01 Å². The van der Waals surface area contributed by atoms with Crippen LogP contribution in [0.3, 0.4) is 0 Å². The Balaban J connectivity index is 1.95. The van der Waals surface area contributed by atoms with Crippen LogP contribution in [-0.4, -0.2) is 17.2 Å². The van der Waals surface area contributed by atoms with Gasteiger partial charge in [-0.2, -0.15) is 0 Å². The maximum Gasteiger partial charge on any atom is 0.439 e. The standard InChI is InChI=1S/C14H12N2O4/c15-16(13(17)19-11-7-3-1-4-8-11)14(18)20-12-9-5-2-6-10-12/h1-10H,15H2. The lowest BCUT2D eigenvalue weighted by Crippen LogP contribution is -2.45. The van der Waals surface area contributed by atoms with E-state index in [1.54, 1.807) is 60.7 Å². The number of hydrazine groups is 1. The summed E-state index contributed by atoms with van der Waals surface area (Å²) < 4.78 is 9.79. The van der Waals surface area contributed by atoms with Crippen LogP contribution in [0.25, 0.3) is 0 Å². The molecule has 0 aliphatic carbocycles. The first kappa shape index (κ1) is 13.6. The molecule has 0 aromatic heterocycles. The number of hydrogen-bond donors (Lipinski definition) is 1. The number of nitrogens with two attached hydrogens (primary N) is 1. The van der Waals surface area contributed by atoms with Gasteiger partial charge in [-0.3, -0.25) is 0 Å². The Morgan fingerprint density at radius 1 is 0.750 bits per heavy atom. The summed E-state index contributed by atoms with van der Waals surface area (Å²) in [5.74, 6) is 5.90. The number of carbonyl (C=O) groups is 2. The molecule has 0 aliphatic rings. The van der Waals surface area contributed by atoms with Gasteiger partial charge in [0.25, 0.3) is 0 Å². The topological polar surface area (TPSA) is 81.9 Å². The van der Waals surface area contributed by atoms with Crippen LogP contribution in [0, 0.1) is 0 Å². The van der Waals surface area contributed by atoms with Crippen molar-refractivity contribution in [2.24, 2.45) is 5.84 Å². The molecule has 2 aromatic carbocycles. The van der Waals surface area contributed by atoms with Crippen molar-refractivity contribution in [3.05, 3.63) is 60.7 Å². The first-order valence-electron chi connectivity index (χ1n) is 5.75. The van der Waals surface area contributed by atoms with E-state index in [1.807, 2.05) is 0 Å². The van der Waals surface area contributed by atoms with Gasteiger partial charge in [0.1, 0.15) is 11.5 Å². The minimum atomic E-state index is -1.03. The summed E-state index contributed by atoms with van der Waals surface area (Å²) in [5, 5.41) is 0.264. The number of hydrogen-bond acceptors (Lipinski definition) is 5. The third-order valence-corrected chi connectivity index (χ3v) is 2.29. The number of imide groups is 1. The van der Waals surface area contributed by atoms with Crippen molar-refractivity contribution in [3.8, 4) is 11.5 Å². The normalized spacial score (nSPS) is 9.65. The van der Waals surface area contributed by atoms with Gasteiger partial charge in [-0.05, 0) is 24.3 Å². The summed E-state index contributed by atoms with van der Waals surface area (Å²) in [5.41, 5.74) is 0. The number of para-hydroxylation sites is 2. The van der Waals surface area contributed by atoms with Gasteiger partial charge in [0.2, 0.25) is 0 Å². The number of nitrogens with zero attached hydrogens (tertiary/aromatic N) is 1. The second-order valence-electron chi connectivity index (χ2n) is 3.73. The Hall–Kier alpha value is -2.86. The summed E-state index contributed by atoms with van der Waals surface area (Å²) in [6.07, 6.45) is -2.06. The van der Waals surface area contributed by atoms with E-state index in [4.69, 9.17) is 15.3 Å². The molecule has 2 aromatic rings. The Labute approximate surface area is 115 Å². The first-order chi connectivity index (χ1) is 9.66. The monoisotopic (exact) mass is 272 g/mol. The van der Waals surface area contributed by atoms with E-state index in [2.05, 4.69) is 0 Å². The first-order valence-corrected chi connectivity index (χ1v) is 5.75. The second kappa shape index (κ2) is 6.35. The van der Waals surface area contributed by atoms with Crippen molar-refractivity contribution in [3.63, 3.8) is 0 Å². The van der Waals surface area contributed by atoms with Gasteiger partial charge in [-0.1, -0.05) is 36.4 Å². The van der Waals surface area contributed by atoms with Gasteiger partial charge >= 0.3 is 12.2 Å². The van der Waals surface area contributed by atoms with Crippen LogP contribution < -0.4 is 15.3 Å². The maximum absolute atomic E-state index is 11.6. The van der Waals surface area contributed by atoms with Gasteiger partial charge in [0, 0.05) is 0 Å². The molecule has 0 saturated carbocycles. The van der Waals surface area contributed by atoms with Crippen LogP contribution >= 0.6 is 0 Å². The lowest BCUT2D eigenvalue weighted by molar-refractivity contribution is 0.131. The molecule has 2 rings (SSSR count). The number of ether oxygens (including phenoxy) is 2. The molecule has 0 spiro atoms. The van der Waals surface area contributed by atoms with Crippen LogP contribution in [0.15, 0.2) is 60.7 Å². The van der Waals surface area contributed by atoms with Gasteiger partial charge in [0.15, 0.2) is 0 Å². The minimum Gasteiger partial charge on any atom is -0.409 e. The predicted molar refractivity (Wildman–Crippen MR) is 71.0 cm³/mol. The van der Waals surface area contributed by atoms with Crippen LogP contribution in [0.1, 0.15) is 0 Å². The largest absolute Gasteiger partial charge is 0.439 e. The average Bonchev–Trinajstić information content (AvgIpc) is 2.48. The minimum absolute atomic E-state index is 0.264. The van der Waals surface area contributed by atoms with Crippen LogP contribution in [-0.2, 0) is 0 Å². The number of benzene rings is 2. The molecule has 2 amide bonds. The summed E-state index contributed by atoms with van der Waals surface area (Å²) >= 11 is 0. The lowest BCUT2D eigenvalue weighted by atomic mass is 10.3. The Morgan fingerprint density at radius 3 is 1.45 bits per heavy atom. The molecule has 0 heterocycles. The summed E-state index contributed by atoms with van der Waals surface area (Å²) in [7, 11) is 0. The number of amides is 2. The molecular formula is C14H12N2O4. The fourth-order valence-corrected chi connectivity index (χ4v) is 1.35. The maximum atomic E-state index is 11.6. The molecule has 0 unspecified atom stereocenters. The molecule has 6 nitrogen and oxygen atoms in total. The molecule has 6 heteroatoms. The lowest BCUT2D eigenvalue weighted by Gasteiger charge is -2.14. The van der Waals surface area contributed by atoms with Crippen LogP contribution in [0.4, 0.5) is 9.59 Å². The highest BCUT2D eigenvalue weighted by Gasteiger charge is 2.22. The molecule has 0 atom stereocenters. The number of carbonyl (C=O) groups excluding carboxylic acids is 2.